The molecule has 0 radical (unpaired) electrons. The zero-order valence-electron chi connectivity index (χ0n) is 22.7. The third-order valence-corrected chi connectivity index (χ3v) is 6.10. The maximum atomic E-state index is 13.2. The van der Waals surface area contributed by atoms with Crippen molar-refractivity contribution in [3.05, 3.63) is 71.8 Å². The molecule has 1 amide bonds. The number of esters is 3. The summed E-state index contributed by atoms with van der Waals surface area (Å²) in [5.74, 6) is -4.92. The fourth-order valence-corrected chi connectivity index (χ4v) is 3.61. The van der Waals surface area contributed by atoms with Crippen molar-refractivity contribution in [2.75, 3.05) is 13.2 Å². The lowest BCUT2D eigenvalue weighted by molar-refractivity contribution is -0.140. The van der Waals surface area contributed by atoms with E-state index < -0.39 is 53.4 Å². The van der Waals surface area contributed by atoms with Gasteiger partial charge in [0, 0.05) is 18.2 Å². The summed E-state index contributed by atoms with van der Waals surface area (Å²) in [6.07, 6.45) is 2.75. The number of nitrogens with zero attached hydrogens (tertiary/aromatic N) is 1. The summed E-state index contributed by atoms with van der Waals surface area (Å²) in [6, 6.07) is 11.5. The van der Waals surface area contributed by atoms with Crippen LogP contribution in [0.5, 0.6) is 11.5 Å². The van der Waals surface area contributed by atoms with Crippen LogP contribution in [0, 0.1) is 5.41 Å². The number of benzene rings is 2. The first kappa shape index (κ1) is 30.7. The Morgan fingerprint density at radius 3 is 2.10 bits per heavy atom. The fourth-order valence-electron chi connectivity index (χ4n) is 3.61. The van der Waals surface area contributed by atoms with E-state index in [2.05, 4.69) is 10.3 Å². The summed E-state index contributed by atoms with van der Waals surface area (Å²) in [5, 5.41) is 21.0. The Balaban J connectivity index is 1.81. The summed E-state index contributed by atoms with van der Waals surface area (Å²) in [4.78, 5) is 66.6. The minimum absolute atomic E-state index is 0.0814. The van der Waals surface area contributed by atoms with Gasteiger partial charge in [-0.25, -0.2) is 14.4 Å². The highest BCUT2D eigenvalue weighted by molar-refractivity contribution is 5.99. The predicted molar refractivity (Wildman–Crippen MR) is 145 cm³/mol. The van der Waals surface area contributed by atoms with Gasteiger partial charge in [-0.05, 0) is 43.3 Å². The Hall–Kier alpha value is -4.84. The third-order valence-electron chi connectivity index (χ3n) is 6.10. The number of aliphatic carboxylic acids is 1. The number of carboxylic acids is 1. The molecule has 0 spiro atoms. The zero-order valence-corrected chi connectivity index (χ0v) is 22.7. The predicted octanol–water partition coefficient (Wildman–Crippen LogP) is 2.35. The summed E-state index contributed by atoms with van der Waals surface area (Å²) in [6.45, 7) is 3.77. The van der Waals surface area contributed by atoms with Crippen LogP contribution < -0.4 is 14.8 Å². The average Bonchev–Trinajstić information content (AvgIpc) is 3.39. The lowest BCUT2D eigenvalue weighted by atomic mass is 9.86. The van der Waals surface area contributed by atoms with Gasteiger partial charge in [0.1, 0.15) is 22.6 Å². The first-order valence-electron chi connectivity index (χ1n) is 12.5. The molecule has 216 valence electrons. The summed E-state index contributed by atoms with van der Waals surface area (Å²) in [7, 11) is 0. The molecule has 2 atom stereocenters. The number of hydrogen-bond donors (Lipinski definition) is 3. The Morgan fingerprint density at radius 1 is 0.951 bits per heavy atom. The Labute approximate surface area is 235 Å². The molecule has 0 fully saturated rings. The standard InChI is InChI=1S/C29H30N2O10/c1-28(2,17-32)23(24(35)30-16-13-22(33)34)41-26(37)18-9-4-6-11-20(18)39-25(36)19-10-5-7-12-21(19)40-27(38)29(3)14-8-15-31-29/h4-12,14-15,23,32H,13,16-17H2,1-3H3,(H,30,35)(H,33,34)/t23-,29-/m0/s1. The summed E-state index contributed by atoms with van der Waals surface area (Å²) >= 11 is 0. The van der Waals surface area contributed by atoms with Gasteiger partial charge in [-0.2, -0.15) is 0 Å². The van der Waals surface area contributed by atoms with E-state index >= 15 is 0 Å². The zero-order chi connectivity index (χ0) is 30.2. The highest BCUT2D eigenvalue weighted by atomic mass is 16.6. The number of nitrogens with one attached hydrogen (secondary N) is 1. The molecule has 0 aliphatic carbocycles. The molecule has 12 heteroatoms. The number of aliphatic imine (C=N–C) groups is 1. The minimum Gasteiger partial charge on any atom is -0.481 e. The molecule has 3 N–H and O–H groups in total. The van der Waals surface area contributed by atoms with Gasteiger partial charge in [-0.15, -0.1) is 0 Å². The second-order valence-electron chi connectivity index (χ2n) is 9.92. The second kappa shape index (κ2) is 13.0. The van der Waals surface area contributed by atoms with Crippen molar-refractivity contribution < 1.29 is 48.4 Å². The van der Waals surface area contributed by atoms with Crippen molar-refractivity contribution in [1.82, 2.24) is 5.32 Å². The monoisotopic (exact) mass is 566 g/mol. The largest absolute Gasteiger partial charge is 0.481 e. The molecule has 0 saturated heterocycles. The number of ether oxygens (including phenoxy) is 3. The van der Waals surface area contributed by atoms with E-state index in [0.29, 0.717) is 0 Å². The molecule has 0 unspecified atom stereocenters. The highest BCUT2D eigenvalue weighted by Gasteiger charge is 2.39. The SMILES string of the molecule is CC(C)(CO)[C@@H](OC(=O)c1ccccc1OC(=O)c1ccccc1OC(=O)[C@]1(C)C=CC=N1)C(=O)NCCC(=O)O. The van der Waals surface area contributed by atoms with E-state index in [1.165, 1.54) is 62.5 Å². The lowest BCUT2D eigenvalue weighted by Crippen LogP contribution is -2.48. The minimum atomic E-state index is -1.51. The molecule has 12 nitrogen and oxygen atoms in total. The molecule has 0 aromatic heterocycles. The molecule has 1 aliphatic rings. The normalized spacial score (nSPS) is 16.5. The number of carboxylic acid groups (broad SMARTS) is 1. The molecular weight excluding hydrogens is 536 g/mol. The van der Waals surface area contributed by atoms with E-state index in [1.54, 1.807) is 25.1 Å². The van der Waals surface area contributed by atoms with E-state index in [1.807, 2.05) is 0 Å². The van der Waals surface area contributed by atoms with Crippen LogP contribution in [0.1, 0.15) is 47.9 Å². The molecule has 0 bridgehead atoms. The first-order valence-corrected chi connectivity index (χ1v) is 12.5. The maximum absolute atomic E-state index is 13.2. The van der Waals surface area contributed by atoms with Crippen LogP contribution in [0.2, 0.25) is 0 Å². The van der Waals surface area contributed by atoms with Gasteiger partial charge >= 0.3 is 23.9 Å². The first-order chi connectivity index (χ1) is 19.4. The lowest BCUT2D eigenvalue weighted by Gasteiger charge is -2.31. The van der Waals surface area contributed by atoms with Crippen LogP contribution in [-0.4, -0.2) is 71.0 Å². The highest BCUT2D eigenvalue weighted by Crippen LogP contribution is 2.29. The number of rotatable bonds is 12. The second-order valence-corrected chi connectivity index (χ2v) is 9.92. The van der Waals surface area contributed by atoms with Gasteiger partial charge < -0.3 is 29.7 Å². The molecule has 1 aliphatic heterocycles. The van der Waals surface area contributed by atoms with Crippen LogP contribution in [0.25, 0.3) is 0 Å². The molecule has 3 rings (SSSR count). The van der Waals surface area contributed by atoms with E-state index in [4.69, 9.17) is 19.3 Å². The quantitative estimate of drug-likeness (QED) is 0.255. The van der Waals surface area contributed by atoms with Gasteiger partial charge in [-0.1, -0.05) is 38.1 Å². The van der Waals surface area contributed by atoms with Gasteiger partial charge in [0.25, 0.3) is 5.91 Å². The number of aliphatic hydroxyl groups is 1. The van der Waals surface area contributed by atoms with Crippen molar-refractivity contribution in [2.45, 2.75) is 38.8 Å². The van der Waals surface area contributed by atoms with Crippen molar-refractivity contribution in [3.63, 3.8) is 0 Å². The van der Waals surface area contributed by atoms with Crippen LogP contribution >= 0.6 is 0 Å². The van der Waals surface area contributed by atoms with Crippen LogP contribution in [0.3, 0.4) is 0 Å². The van der Waals surface area contributed by atoms with Crippen LogP contribution in [0.4, 0.5) is 0 Å². The molecule has 1 heterocycles. The maximum Gasteiger partial charge on any atom is 0.347 e. The Morgan fingerprint density at radius 2 is 1.54 bits per heavy atom. The summed E-state index contributed by atoms with van der Waals surface area (Å²) in [5.41, 5.74) is -2.79. The van der Waals surface area contributed by atoms with E-state index in [0.717, 1.165) is 0 Å². The fraction of sp³-hybridized carbons (Fsp3) is 0.310. The molecule has 41 heavy (non-hydrogen) atoms. The smallest absolute Gasteiger partial charge is 0.347 e. The molecule has 2 aromatic carbocycles. The van der Waals surface area contributed by atoms with Crippen LogP contribution in [0.15, 0.2) is 65.7 Å². The van der Waals surface area contributed by atoms with Gasteiger partial charge in [0.15, 0.2) is 11.6 Å². The number of hydrogen-bond acceptors (Lipinski definition) is 10. The number of carbonyl (C=O) groups is 5. The van der Waals surface area contributed by atoms with Crippen LogP contribution in [-0.2, 0) is 19.1 Å². The molecule has 2 aromatic rings. The number of aliphatic hydroxyl groups excluding tert-OH is 1. The molecular formula is C29H30N2O10. The Kier molecular flexibility index (Phi) is 9.74. The van der Waals surface area contributed by atoms with Crippen molar-refractivity contribution in [3.8, 4) is 11.5 Å². The van der Waals surface area contributed by atoms with Gasteiger partial charge in [0.05, 0.1) is 13.0 Å². The van der Waals surface area contributed by atoms with Gasteiger partial charge in [0.2, 0.25) is 0 Å². The van der Waals surface area contributed by atoms with E-state index in [9.17, 15) is 29.1 Å². The molecule has 0 saturated carbocycles. The van der Waals surface area contributed by atoms with Gasteiger partial charge in [-0.3, -0.25) is 14.6 Å². The topological polar surface area (TPSA) is 178 Å². The third kappa shape index (κ3) is 7.63. The number of carbonyl (C=O) groups excluding carboxylic acids is 4. The Bertz CT molecular complexity index is 1380. The number of amides is 1. The van der Waals surface area contributed by atoms with E-state index in [-0.39, 0.29) is 35.6 Å². The number of para-hydroxylation sites is 2. The summed E-state index contributed by atoms with van der Waals surface area (Å²) < 4.78 is 16.4. The average molecular weight is 567 g/mol. The number of allylic oxidation sites excluding steroid dienone is 1. The van der Waals surface area contributed by atoms with Crippen molar-refractivity contribution >= 4 is 36.0 Å². The van der Waals surface area contributed by atoms with Crippen molar-refractivity contribution in [2.24, 2.45) is 10.4 Å². The van der Waals surface area contributed by atoms with Crippen molar-refractivity contribution in [1.29, 1.82) is 0 Å².